The van der Waals surface area contributed by atoms with Gasteiger partial charge in [0.2, 0.25) is 0 Å². The van der Waals surface area contributed by atoms with Crippen molar-refractivity contribution in [1.29, 1.82) is 0 Å². The molecule has 3 atom stereocenters. The predicted octanol–water partition coefficient (Wildman–Crippen LogP) is 6.03. The molecule has 3 aromatic rings. The maximum Gasteiger partial charge on any atom is 0.324 e. The molecule has 41 heavy (non-hydrogen) atoms. The summed E-state index contributed by atoms with van der Waals surface area (Å²) in [5.74, 6) is -0.237. The average Bonchev–Trinajstić information content (AvgIpc) is 3.57. The number of carboxylic acids is 1. The second kappa shape index (κ2) is 12.5. The molecule has 1 N–H and O–H groups in total. The van der Waals surface area contributed by atoms with Crippen molar-refractivity contribution in [3.05, 3.63) is 89.0 Å². The van der Waals surface area contributed by atoms with Crippen molar-refractivity contribution in [3.8, 4) is 0 Å². The topological polar surface area (TPSA) is 61.6 Å². The van der Waals surface area contributed by atoms with E-state index in [4.69, 9.17) is 5.10 Å². The predicted molar refractivity (Wildman–Crippen MR) is 161 cm³/mol. The van der Waals surface area contributed by atoms with E-state index in [9.17, 15) is 14.3 Å². The van der Waals surface area contributed by atoms with E-state index < -0.39 is 11.5 Å². The number of aromatic nitrogens is 2. The number of piperidine rings is 1. The van der Waals surface area contributed by atoms with Crippen molar-refractivity contribution in [2.45, 2.75) is 70.9 Å². The van der Waals surface area contributed by atoms with Crippen molar-refractivity contribution < 1.29 is 14.3 Å². The minimum atomic E-state index is -0.955. The van der Waals surface area contributed by atoms with E-state index in [0.717, 1.165) is 56.7 Å². The summed E-state index contributed by atoms with van der Waals surface area (Å²) in [5.41, 5.74) is 3.78. The molecule has 0 aliphatic carbocycles. The summed E-state index contributed by atoms with van der Waals surface area (Å²) in [7, 11) is 0. The Bertz CT molecular complexity index is 1320. The van der Waals surface area contributed by atoms with Crippen LogP contribution in [0.5, 0.6) is 0 Å². The summed E-state index contributed by atoms with van der Waals surface area (Å²) < 4.78 is 16.4. The lowest BCUT2D eigenvalue weighted by Gasteiger charge is -2.39. The van der Waals surface area contributed by atoms with Gasteiger partial charge in [0.05, 0.1) is 5.69 Å². The number of aryl methyl sites for hydroxylation is 1. The smallest absolute Gasteiger partial charge is 0.324 e. The molecule has 0 radical (unpaired) electrons. The number of rotatable bonds is 10. The second-order valence-corrected chi connectivity index (χ2v) is 12.5. The van der Waals surface area contributed by atoms with Crippen molar-refractivity contribution in [2.24, 2.45) is 11.8 Å². The van der Waals surface area contributed by atoms with Crippen molar-refractivity contribution in [2.75, 3.05) is 32.7 Å². The number of halogens is 1. The van der Waals surface area contributed by atoms with E-state index in [1.807, 2.05) is 32.9 Å². The Hall–Kier alpha value is -3.03. The van der Waals surface area contributed by atoms with Crippen LogP contribution in [-0.4, -0.2) is 68.9 Å². The quantitative estimate of drug-likeness (QED) is 0.328. The van der Waals surface area contributed by atoms with E-state index in [1.165, 1.54) is 17.3 Å². The molecule has 6 nitrogen and oxygen atoms in total. The molecule has 2 aliphatic rings. The van der Waals surface area contributed by atoms with Crippen LogP contribution in [0.1, 0.15) is 74.9 Å². The molecule has 2 aromatic carbocycles. The first kappa shape index (κ1) is 29.5. The molecule has 2 aliphatic heterocycles. The highest BCUT2D eigenvalue weighted by Gasteiger charge is 2.49. The van der Waals surface area contributed by atoms with Gasteiger partial charge < -0.3 is 10.0 Å². The molecule has 7 heteroatoms. The molecule has 1 unspecified atom stereocenters. The van der Waals surface area contributed by atoms with Crippen molar-refractivity contribution >= 4 is 5.97 Å². The third-order valence-electron chi connectivity index (χ3n) is 9.82. The van der Waals surface area contributed by atoms with Gasteiger partial charge in [-0.25, -0.2) is 4.39 Å². The Morgan fingerprint density at radius 2 is 1.80 bits per heavy atom. The molecular weight excluding hydrogens is 515 g/mol. The fraction of sp³-hybridized carbons (Fsp3) is 0.529. The van der Waals surface area contributed by atoms with E-state index in [1.54, 1.807) is 12.1 Å². The summed E-state index contributed by atoms with van der Waals surface area (Å²) >= 11 is 0. The molecule has 5 rings (SSSR count). The standard InChI is InChI=1S/C34H45FN4O2/c1-5-39-32(20-30(36-39)18-25-10-7-6-8-11-25)26-14-16-37(17-15-26)21-28-22-38(34(4,24(2)3)33(40)41)23-31(28)27-12-9-13-29(35)19-27/h6-13,19-20,24,26,28,31H,5,14-18,21-23H2,1-4H3,(H,40,41)/t28-,31+,34?/m0/s1. The van der Waals surface area contributed by atoms with Crippen LogP contribution in [-0.2, 0) is 17.8 Å². The fourth-order valence-electron chi connectivity index (χ4n) is 7.00. The summed E-state index contributed by atoms with van der Waals surface area (Å²) in [4.78, 5) is 17.1. The molecule has 1 aromatic heterocycles. The molecule has 3 heterocycles. The van der Waals surface area contributed by atoms with Crippen molar-refractivity contribution in [3.63, 3.8) is 0 Å². The molecule has 0 bridgehead atoms. The maximum absolute atomic E-state index is 14.3. The number of likely N-dealkylation sites (tertiary alicyclic amines) is 2. The largest absolute Gasteiger partial charge is 0.480 e. The van der Waals surface area contributed by atoms with Gasteiger partial charge >= 0.3 is 5.97 Å². The average molecular weight is 561 g/mol. The number of aliphatic carboxylic acids is 1. The highest BCUT2D eigenvalue weighted by atomic mass is 19.1. The minimum Gasteiger partial charge on any atom is -0.480 e. The lowest BCUT2D eigenvalue weighted by Crippen LogP contribution is -2.55. The van der Waals surface area contributed by atoms with E-state index in [2.05, 4.69) is 51.7 Å². The zero-order valence-corrected chi connectivity index (χ0v) is 25.0. The first-order valence-corrected chi connectivity index (χ1v) is 15.3. The van der Waals surface area contributed by atoms with Gasteiger partial charge in [-0.1, -0.05) is 56.3 Å². The van der Waals surface area contributed by atoms with Crippen molar-refractivity contribution in [1.82, 2.24) is 19.6 Å². The van der Waals surface area contributed by atoms with Crippen LogP contribution in [0, 0.1) is 17.7 Å². The summed E-state index contributed by atoms with van der Waals surface area (Å²) in [6, 6.07) is 19.7. The van der Waals surface area contributed by atoms with Crippen LogP contribution >= 0.6 is 0 Å². The Kier molecular flexibility index (Phi) is 8.95. The first-order chi connectivity index (χ1) is 19.7. The highest BCUT2D eigenvalue weighted by Crippen LogP contribution is 2.40. The van der Waals surface area contributed by atoms with Gasteiger partial charge in [-0.15, -0.1) is 0 Å². The van der Waals surface area contributed by atoms with E-state index >= 15 is 0 Å². The number of nitrogens with zero attached hydrogens (tertiary/aromatic N) is 4. The Morgan fingerprint density at radius 1 is 1.07 bits per heavy atom. The SMILES string of the molecule is CCn1nc(Cc2ccccc2)cc1C1CCN(C[C@H]2CN(C(C)(C(=O)O)C(C)C)C[C@@H]2c2cccc(F)c2)CC1. The van der Waals surface area contributed by atoms with Gasteiger partial charge in [0.15, 0.2) is 0 Å². The molecule has 0 saturated carbocycles. The molecule has 0 amide bonds. The van der Waals surface area contributed by atoms with Gasteiger partial charge in [0.1, 0.15) is 11.4 Å². The summed E-state index contributed by atoms with van der Waals surface area (Å²) in [6.07, 6.45) is 3.01. The first-order valence-electron chi connectivity index (χ1n) is 15.3. The van der Waals surface area contributed by atoms with Gasteiger partial charge in [0.25, 0.3) is 0 Å². The lowest BCUT2D eigenvalue weighted by molar-refractivity contribution is -0.153. The number of hydrogen-bond acceptors (Lipinski definition) is 4. The van der Waals surface area contributed by atoms with Gasteiger partial charge in [0, 0.05) is 50.1 Å². The monoisotopic (exact) mass is 560 g/mol. The molecule has 2 fully saturated rings. The fourth-order valence-corrected chi connectivity index (χ4v) is 7.00. The third kappa shape index (κ3) is 6.26. The van der Waals surface area contributed by atoms with Crippen LogP contribution in [0.2, 0.25) is 0 Å². The number of benzene rings is 2. The maximum atomic E-state index is 14.3. The number of carboxylic acid groups (broad SMARTS) is 1. The van der Waals surface area contributed by atoms with Crippen LogP contribution in [0.4, 0.5) is 4.39 Å². The molecule has 0 spiro atoms. The Labute approximate surface area is 244 Å². The zero-order chi connectivity index (χ0) is 29.1. The van der Waals surface area contributed by atoms with Gasteiger partial charge in [-0.2, -0.15) is 5.10 Å². The van der Waals surface area contributed by atoms with Gasteiger partial charge in [-0.3, -0.25) is 14.4 Å². The van der Waals surface area contributed by atoms with Crippen LogP contribution in [0.25, 0.3) is 0 Å². The summed E-state index contributed by atoms with van der Waals surface area (Å²) in [6.45, 7) is 13.1. The molecular formula is C34H45FN4O2. The van der Waals surface area contributed by atoms with E-state index in [0.29, 0.717) is 19.0 Å². The molecule has 220 valence electrons. The van der Waals surface area contributed by atoms with E-state index in [-0.39, 0.29) is 23.6 Å². The normalized spacial score (nSPS) is 22.3. The second-order valence-electron chi connectivity index (χ2n) is 12.5. The van der Waals surface area contributed by atoms with Crippen LogP contribution in [0.3, 0.4) is 0 Å². The Morgan fingerprint density at radius 3 is 2.44 bits per heavy atom. The molecule has 2 saturated heterocycles. The lowest BCUT2D eigenvalue weighted by atomic mass is 9.86. The third-order valence-corrected chi connectivity index (χ3v) is 9.82. The number of carbonyl (C=O) groups is 1. The Balaban J connectivity index is 1.28. The van der Waals surface area contributed by atoms with Gasteiger partial charge in [-0.05, 0) is 80.9 Å². The highest BCUT2D eigenvalue weighted by molar-refractivity contribution is 5.78. The minimum absolute atomic E-state index is 0.0437. The zero-order valence-electron chi connectivity index (χ0n) is 25.0. The number of hydrogen-bond donors (Lipinski definition) is 1. The van der Waals surface area contributed by atoms with Crippen LogP contribution < -0.4 is 0 Å². The van der Waals surface area contributed by atoms with Crippen LogP contribution in [0.15, 0.2) is 60.7 Å². The summed E-state index contributed by atoms with van der Waals surface area (Å²) in [5, 5.41) is 15.1.